The predicted octanol–water partition coefficient (Wildman–Crippen LogP) is 3.02. The average molecular weight is 273 g/mol. The van der Waals surface area contributed by atoms with Gasteiger partial charge in [-0.25, -0.2) is 14.8 Å². The summed E-state index contributed by atoms with van der Waals surface area (Å²) < 4.78 is 4.97. The van der Waals surface area contributed by atoms with Gasteiger partial charge in [-0.3, -0.25) is 0 Å². The first-order valence-electron chi connectivity index (χ1n) is 6.63. The van der Waals surface area contributed by atoms with Crippen LogP contribution in [0, 0.1) is 0 Å². The molecule has 1 N–H and O–H groups in total. The molecule has 0 saturated heterocycles. The summed E-state index contributed by atoms with van der Waals surface area (Å²) in [5.74, 6) is 0.221. The molecule has 0 atom stereocenters. The van der Waals surface area contributed by atoms with Crippen LogP contribution in [0.4, 0.5) is 5.82 Å². The minimum absolute atomic E-state index is 0.0808. The Hall–Kier alpha value is -2.17. The Morgan fingerprint density at radius 1 is 1.25 bits per heavy atom. The smallest absolute Gasteiger partial charge is 0.376 e. The molecule has 0 radical (unpaired) electrons. The Morgan fingerprint density at radius 2 is 1.95 bits per heavy atom. The van der Waals surface area contributed by atoms with E-state index in [1.807, 2.05) is 45.0 Å². The van der Waals surface area contributed by atoms with Crippen molar-refractivity contribution in [2.75, 3.05) is 11.9 Å². The van der Waals surface area contributed by atoms with Crippen LogP contribution in [0.1, 0.15) is 38.3 Å². The highest BCUT2D eigenvalue weighted by atomic mass is 16.5. The van der Waals surface area contributed by atoms with E-state index in [2.05, 4.69) is 15.3 Å². The molecule has 2 rings (SSSR count). The van der Waals surface area contributed by atoms with Crippen molar-refractivity contribution in [1.82, 2.24) is 9.97 Å². The third-order valence-corrected chi connectivity index (χ3v) is 2.55. The molecule has 1 heterocycles. The lowest BCUT2D eigenvalue weighted by molar-refractivity contribution is 0.0512. The number of benzene rings is 1. The first-order valence-corrected chi connectivity index (χ1v) is 6.63. The fourth-order valence-electron chi connectivity index (χ4n) is 1.81. The van der Waals surface area contributed by atoms with Crippen LogP contribution in [-0.4, -0.2) is 28.1 Å². The second-order valence-electron chi connectivity index (χ2n) is 5.51. The zero-order valence-corrected chi connectivity index (χ0v) is 12.2. The van der Waals surface area contributed by atoms with Gasteiger partial charge in [-0.1, -0.05) is 12.1 Å². The minimum atomic E-state index is -0.504. The Labute approximate surface area is 118 Å². The molecule has 0 aliphatic heterocycles. The molecule has 0 amide bonds. The molecule has 0 saturated carbocycles. The summed E-state index contributed by atoms with van der Waals surface area (Å²) in [5, 5.41) is 4.19. The molecule has 0 spiro atoms. The molecule has 0 aliphatic carbocycles. The monoisotopic (exact) mass is 273 g/mol. The Bertz CT molecular complexity index is 633. The SMILES string of the molecule is CCOC(=O)c1nc(NC(C)(C)C)c2ccccc2n1. The number of para-hydroxylation sites is 1. The van der Waals surface area contributed by atoms with E-state index >= 15 is 0 Å². The summed E-state index contributed by atoms with van der Waals surface area (Å²) in [4.78, 5) is 20.4. The van der Waals surface area contributed by atoms with E-state index in [1.54, 1.807) is 6.92 Å². The quantitative estimate of drug-likeness (QED) is 0.871. The van der Waals surface area contributed by atoms with E-state index in [1.165, 1.54) is 0 Å². The second-order valence-corrected chi connectivity index (χ2v) is 5.51. The number of carbonyl (C=O) groups excluding carboxylic acids is 1. The summed E-state index contributed by atoms with van der Waals surface area (Å²) in [5.41, 5.74) is 0.556. The van der Waals surface area contributed by atoms with Crippen LogP contribution in [-0.2, 0) is 4.74 Å². The first-order chi connectivity index (χ1) is 9.40. The molecule has 2 aromatic rings. The van der Waals surface area contributed by atoms with Crippen molar-refractivity contribution in [3.63, 3.8) is 0 Å². The van der Waals surface area contributed by atoms with Crippen molar-refractivity contribution in [2.24, 2.45) is 0 Å². The molecule has 5 heteroatoms. The summed E-state index contributed by atoms with van der Waals surface area (Å²) in [6.45, 7) is 8.17. The van der Waals surface area contributed by atoms with E-state index in [0.29, 0.717) is 12.4 Å². The number of anilines is 1. The number of aromatic nitrogens is 2. The van der Waals surface area contributed by atoms with Crippen LogP contribution in [0.15, 0.2) is 24.3 Å². The molecular weight excluding hydrogens is 254 g/mol. The standard InChI is InChI=1S/C15H19N3O2/c1-5-20-14(19)13-16-11-9-7-6-8-10(11)12(17-13)18-15(2,3)4/h6-9H,5H2,1-4H3,(H,16,17,18). The largest absolute Gasteiger partial charge is 0.460 e. The highest BCUT2D eigenvalue weighted by Gasteiger charge is 2.18. The van der Waals surface area contributed by atoms with Crippen LogP contribution in [0.3, 0.4) is 0 Å². The fourth-order valence-corrected chi connectivity index (χ4v) is 1.81. The summed E-state index contributed by atoms with van der Waals surface area (Å²) in [7, 11) is 0. The highest BCUT2D eigenvalue weighted by Crippen LogP contribution is 2.23. The normalized spacial score (nSPS) is 11.4. The second kappa shape index (κ2) is 5.45. The molecule has 0 bridgehead atoms. The maximum Gasteiger partial charge on any atom is 0.376 e. The van der Waals surface area contributed by atoms with Crippen LogP contribution < -0.4 is 5.32 Å². The lowest BCUT2D eigenvalue weighted by Crippen LogP contribution is -2.27. The van der Waals surface area contributed by atoms with Crippen molar-refractivity contribution in [1.29, 1.82) is 0 Å². The van der Waals surface area contributed by atoms with Crippen molar-refractivity contribution < 1.29 is 9.53 Å². The Kier molecular flexibility index (Phi) is 3.88. The number of esters is 1. The van der Waals surface area contributed by atoms with Gasteiger partial charge in [0.2, 0.25) is 5.82 Å². The van der Waals surface area contributed by atoms with E-state index < -0.39 is 5.97 Å². The summed E-state index contributed by atoms with van der Waals surface area (Å²) >= 11 is 0. The lowest BCUT2D eigenvalue weighted by Gasteiger charge is -2.22. The van der Waals surface area contributed by atoms with Crippen molar-refractivity contribution >= 4 is 22.7 Å². The Morgan fingerprint density at radius 3 is 2.60 bits per heavy atom. The number of nitrogens with zero attached hydrogens (tertiary/aromatic N) is 2. The van der Waals surface area contributed by atoms with Crippen LogP contribution >= 0.6 is 0 Å². The van der Waals surface area contributed by atoms with Gasteiger partial charge in [0, 0.05) is 10.9 Å². The lowest BCUT2D eigenvalue weighted by atomic mass is 10.1. The van der Waals surface area contributed by atoms with Crippen LogP contribution in [0.25, 0.3) is 10.9 Å². The summed E-state index contributed by atoms with van der Waals surface area (Å²) in [6, 6.07) is 7.58. The van der Waals surface area contributed by atoms with E-state index in [4.69, 9.17) is 4.74 Å². The van der Waals surface area contributed by atoms with Gasteiger partial charge in [0.15, 0.2) is 0 Å². The molecule has 0 unspecified atom stereocenters. The van der Waals surface area contributed by atoms with Crippen LogP contribution in [0.2, 0.25) is 0 Å². The Balaban J connectivity index is 2.55. The molecule has 20 heavy (non-hydrogen) atoms. The maximum atomic E-state index is 11.8. The third-order valence-electron chi connectivity index (χ3n) is 2.55. The number of ether oxygens (including phenoxy) is 1. The van der Waals surface area contributed by atoms with Gasteiger partial charge in [-0.2, -0.15) is 0 Å². The highest BCUT2D eigenvalue weighted by molar-refractivity contribution is 5.94. The molecular formula is C15H19N3O2. The molecule has 1 aromatic heterocycles. The third kappa shape index (κ3) is 3.23. The van der Waals surface area contributed by atoms with Gasteiger partial charge in [0.1, 0.15) is 5.82 Å². The van der Waals surface area contributed by atoms with Gasteiger partial charge in [-0.05, 0) is 39.8 Å². The zero-order chi connectivity index (χ0) is 14.8. The minimum Gasteiger partial charge on any atom is -0.460 e. The molecule has 5 nitrogen and oxygen atoms in total. The van der Waals surface area contributed by atoms with Gasteiger partial charge in [0.05, 0.1) is 12.1 Å². The van der Waals surface area contributed by atoms with Gasteiger partial charge < -0.3 is 10.1 Å². The molecule has 1 aromatic carbocycles. The van der Waals surface area contributed by atoms with Gasteiger partial charge in [-0.15, -0.1) is 0 Å². The number of fused-ring (bicyclic) bond motifs is 1. The van der Waals surface area contributed by atoms with E-state index in [0.717, 1.165) is 10.9 Å². The topological polar surface area (TPSA) is 64.1 Å². The van der Waals surface area contributed by atoms with Crippen LogP contribution in [0.5, 0.6) is 0 Å². The molecule has 106 valence electrons. The number of rotatable bonds is 3. The van der Waals surface area contributed by atoms with Gasteiger partial charge in [0.25, 0.3) is 0 Å². The van der Waals surface area contributed by atoms with Gasteiger partial charge >= 0.3 is 5.97 Å². The number of nitrogens with one attached hydrogen (secondary N) is 1. The number of hydrogen-bond donors (Lipinski definition) is 1. The molecule has 0 aliphatic rings. The van der Waals surface area contributed by atoms with E-state index in [9.17, 15) is 4.79 Å². The van der Waals surface area contributed by atoms with E-state index in [-0.39, 0.29) is 11.4 Å². The van der Waals surface area contributed by atoms with Crippen molar-refractivity contribution in [3.8, 4) is 0 Å². The predicted molar refractivity (Wildman–Crippen MR) is 78.9 cm³/mol. The zero-order valence-electron chi connectivity index (χ0n) is 12.2. The average Bonchev–Trinajstić information content (AvgIpc) is 2.37. The van der Waals surface area contributed by atoms with Crippen molar-refractivity contribution in [2.45, 2.75) is 33.2 Å². The number of carbonyl (C=O) groups is 1. The number of hydrogen-bond acceptors (Lipinski definition) is 5. The van der Waals surface area contributed by atoms with Crippen molar-refractivity contribution in [3.05, 3.63) is 30.1 Å². The maximum absolute atomic E-state index is 11.8. The molecule has 0 fully saturated rings. The fraction of sp³-hybridized carbons (Fsp3) is 0.400. The first kappa shape index (κ1) is 14.2. The summed E-state index contributed by atoms with van der Waals surface area (Å²) in [6.07, 6.45) is 0.